The number of hydrogen-bond acceptors (Lipinski definition) is 3. The molecule has 1 atom stereocenters. The van der Waals surface area contributed by atoms with Crippen LogP contribution in [-0.4, -0.2) is 38.8 Å². The molecule has 104 valence electrons. The van der Waals surface area contributed by atoms with E-state index in [0.29, 0.717) is 12.6 Å². The summed E-state index contributed by atoms with van der Waals surface area (Å²) in [4.78, 5) is 13.7. The van der Waals surface area contributed by atoms with Gasteiger partial charge in [0.25, 0.3) is 0 Å². The molecular formula is C15H22N2O2. The highest BCUT2D eigenvalue weighted by Gasteiger charge is 2.24. The average Bonchev–Trinajstić information content (AvgIpc) is 2.71. The highest BCUT2D eigenvalue weighted by molar-refractivity contribution is 5.77. The van der Waals surface area contributed by atoms with Crippen LogP contribution in [0.3, 0.4) is 0 Å². The molecule has 0 spiro atoms. The second-order valence-electron chi connectivity index (χ2n) is 5.01. The normalized spacial score (nSPS) is 17.4. The number of rotatable bonds is 6. The minimum Gasteiger partial charge on any atom is -0.375 e. The second-order valence-corrected chi connectivity index (χ2v) is 5.01. The van der Waals surface area contributed by atoms with Gasteiger partial charge in [-0.05, 0) is 31.4 Å². The minimum atomic E-state index is -0.0441. The van der Waals surface area contributed by atoms with Gasteiger partial charge >= 0.3 is 0 Å². The van der Waals surface area contributed by atoms with Gasteiger partial charge in [-0.25, -0.2) is 0 Å². The number of nitrogens with zero attached hydrogens (tertiary/aromatic N) is 1. The van der Waals surface area contributed by atoms with Crippen molar-refractivity contribution in [2.24, 2.45) is 0 Å². The molecule has 1 N–H and O–H groups in total. The number of ether oxygens (including phenoxy) is 1. The summed E-state index contributed by atoms with van der Waals surface area (Å²) >= 11 is 0. The van der Waals surface area contributed by atoms with E-state index in [0.717, 1.165) is 19.4 Å². The van der Waals surface area contributed by atoms with E-state index in [1.54, 1.807) is 0 Å². The van der Waals surface area contributed by atoms with E-state index >= 15 is 0 Å². The molecule has 0 aromatic heterocycles. The number of amides is 1. The zero-order chi connectivity index (χ0) is 13.7. The van der Waals surface area contributed by atoms with E-state index in [1.807, 2.05) is 0 Å². The van der Waals surface area contributed by atoms with Crippen LogP contribution in [0.15, 0.2) is 24.3 Å². The van der Waals surface area contributed by atoms with Crippen molar-refractivity contribution in [2.75, 3.05) is 31.7 Å². The first-order valence-electron chi connectivity index (χ1n) is 6.82. The standard InChI is InChI=1S/C15H22N2O2/c1-12-10-13-6-3-4-7-14(13)17(12)9-5-8-16-15(18)11-19-2/h3-4,6-7,12H,5,8-11H2,1-2H3,(H,16,18). The summed E-state index contributed by atoms with van der Waals surface area (Å²) in [7, 11) is 1.53. The van der Waals surface area contributed by atoms with E-state index in [9.17, 15) is 4.79 Å². The van der Waals surface area contributed by atoms with Crippen LogP contribution in [0.1, 0.15) is 18.9 Å². The molecule has 19 heavy (non-hydrogen) atoms. The van der Waals surface area contributed by atoms with Crippen molar-refractivity contribution in [3.8, 4) is 0 Å². The fourth-order valence-corrected chi connectivity index (χ4v) is 2.63. The average molecular weight is 262 g/mol. The molecule has 0 fully saturated rings. The molecule has 0 aliphatic carbocycles. The Morgan fingerprint density at radius 1 is 1.47 bits per heavy atom. The van der Waals surface area contributed by atoms with E-state index in [-0.39, 0.29) is 12.5 Å². The molecule has 1 aliphatic heterocycles. The maximum atomic E-state index is 11.3. The van der Waals surface area contributed by atoms with Gasteiger partial charge < -0.3 is 15.0 Å². The van der Waals surface area contributed by atoms with Crippen molar-refractivity contribution in [1.82, 2.24) is 5.32 Å². The number of hydrogen-bond donors (Lipinski definition) is 1. The second kappa shape index (κ2) is 6.57. The fourth-order valence-electron chi connectivity index (χ4n) is 2.63. The maximum Gasteiger partial charge on any atom is 0.245 e. The van der Waals surface area contributed by atoms with Crippen molar-refractivity contribution >= 4 is 11.6 Å². The van der Waals surface area contributed by atoms with Gasteiger partial charge in [-0.3, -0.25) is 4.79 Å². The number of para-hydroxylation sites is 1. The first-order chi connectivity index (χ1) is 9.22. The van der Waals surface area contributed by atoms with Crippen LogP contribution < -0.4 is 10.2 Å². The molecule has 1 unspecified atom stereocenters. The SMILES string of the molecule is COCC(=O)NCCCN1c2ccccc2CC1C. The molecule has 4 nitrogen and oxygen atoms in total. The van der Waals surface area contributed by atoms with Gasteiger partial charge in [0.05, 0.1) is 0 Å². The molecule has 0 saturated heterocycles. The van der Waals surface area contributed by atoms with Crippen LogP contribution in [0, 0.1) is 0 Å². The van der Waals surface area contributed by atoms with E-state index in [1.165, 1.54) is 18.4 Å². The highest BCUT2D eigenvalue weighted by atomic mass is 16.5. The molecule has 0 saturated carbocycles. The summed E-state index contributed by atoms with van der Waals surface area (Å²) < 4.78 is 4.78. The van der Waals surface area contributed by atoms with Gasteiger partial charge in [0.1, 0.15) is 6.61 Å². The predicted molar refractivity (Wildman–Crippen MR) is 76.5 cm³/mol. The summed E-state index contributed by atoms with van der Waals surface area (Å²) in [5.74, 6) is -0.0441. The first kappa shape index (κ1) is 13.9. The Labute approximate surface area is 114 Å². The Hall–Kier alpha value is -1.55. The molecule has 1 heterocycles. The maximum absolute atomic E-state index is 11.3. The van der Waals surface area contributed by atoms with Gasteiger partial charge in [0.2, 0.25) is 5.91 Å². The topological polar surface area (TPSA) is 41.6 Å². The van der Waals surface area contributed by atoms with Crippen LogP contribution in [0.5, 0.6) is 0 Å². The lowest BCUT2D eigenvalue weighted by Gasteiger charge is -2.24. The number of anilines is 1. The van der Waals surface area contributed by atoms with Gasteiger partial charge in [-0.2, -0.15) is 0 Å². The van der Waals surface area contributed by atoms with Crippen molar-refractivity contribution in [3.63, 3.8) is 0 Å². The van der Waals surface area contributed by atoms with Crippen molar-refractivity contribution in [3.05, 3.63) is 29.8 Å². The fraction of sp³-hybridized carbons (Fsp3) is 0.533. The Bertz CT molecular complexity index is 434. The van der Waals surface area contributed by atoms with Crippen LogP contribution in [0.2, 0.25) is 0 Å². The summed E-state index contributed by atoms with van der Waals surface area (Å²) in [5.41, 5.74) is 2.77. The smallest absolute Gasteiger partial charge is 0.245 e. The van der Waals surface area contributed by atoms with Gasteiger partial charge in [0.15, 0.2) is 0 Å². The van der Waals surface area contributed by atoms with Gasteiger partial charge in [-0.1, -0.05) is 18.2 Å². The third kappa shape index (κ3) is 3.47. The molecule has 1 amide bonds. The molecule has 1 aromatic rings. The molecule has 2 rings (SSSR count). The molecule has 0 radical (unpaired) electrons. The Balaban J connectivity index is 1.79. The predicted octanol–water partition coefficient (Wildman–Crippen LogP) is 1.59. The quantitative estimate of drug-likeness (QED) is 0.792. The molecule has 0 bridgehead atoms. The number of fused-ring (bicyclic) bond motifs is 1. The summed E-state index contributed by atoms with van der Waals surface area (Å²) in [6.45, 7) is 4.07. The molecule has 1 aliphatic rings. The number of nitrogens with one attached hydrogen (secondary N) is 1. The lowest BCUT2D eigenvalue weighted by atomic mass is 10.1. The van der Waals surface area contributed by atoms with E-state index in [2.05, 4.69) is 41.4 Å². The van der Waals surface area contributed by atoms with Gasteiger partial charge in [-0.15, -0.1) is 0 Å². The number of carbonyl (C=O) groups is 1. The van der Waals surface area contributed by atoms with Crippen LogP contribution >= 0.6 is 0 Å². The van der Waals surface area contributed by atoms with Crippen molar-refractivity contribution in [1.29, 1.82) is 0 Å². The largest absolute Gasteiger partial charge is 0.375 e. The summed E-state index contributed by atoms with van der Waals surface area (Å²) in [5, 5.41) is 2.86. The molecule has 1 aromatic carbocycles. The van der Waals surface area contributed by atoms with Crippen molar-refractivity contribution < 1.29 is 9.53 Å². The number of benzene rings is 1. The van der Waals surface area contributed by atoms with Crippen molar-refractivity contribution in [2.45, 2.75) is 25.8 Å². The molecular weight excluding hydrogens is 240 g/mol. The monoisotopic (exact) mass is 262 g/mol. The van der Waals surface area contributed by atoms with Gasteiger partial charge in [0, 0.05) is 31.9 Å². The molecule has 4 heteroatoms. The highest BCUT2D eigenvalue weighted by Crippen LogP contribution is 2.31. The van der Waals surface area contributed by atoms with Crippen LogP contribution in [0.4, 0.5) is 5.69 Å². The zero-order valence-corrected chi connectivity index (χ0v) is 11.7. The van der Waals surface area contributed by atoms with Crippen LogP contribution in [0.25, 0.3) is 0 Å². The van der Waals surface area contributed by atoms with Crippen LogP contribution in [-0.2, 0) is 16.0 Å². The number of methoxy groups -OCH3 is 1. The summed E-state index contributed by atoms with van der Waals surface area (Å²) in [6, 6.07) is 9.12. The number of carbonyl (C=O) groups excluding carboxylic acids is 1. The Morgan fingerprint density at radius 2 is 2.26 bits per heavy atom. The Morgan fingerprint density at radius 3 is 3.05 bits per heavy atom. The minimum absolute atomic E-state index is 0.0441. The van der Waals surface area contributed by atoms with E-state index in [4.69, 9.17) is 4.74 Å². The third-order valence-electron chi connectivity index (χ3n) is 3.52. The lowest BCUT2D eigenvalue weighted by Crippen LogP contribution is -2.34. The lowest BCUT2D eigenvalue weighted by molar-refractivity contribution is -0.124. The Kier molecular flexibility index (Phi) is 4.80. The zero-order valence-electron chi connectivity index (χ0n) is 11.7. The first-order valence-corrected chi connectivity index (χ1v) is 6.82. The summed E-state index contributed by atoms with van der Waals surface area (Å²) in [6.07, 6.45) is 2.07. The third-order valence-corrected chi connectivity index (χ3v) is 3.52. The van der Waals surface area contributed by atoms with E-state index < -0.39 is 0 Å².